The van der Waals surface area contributed by atoms with E-state index in [0.29, 0.717) is 35.0 Å². The van der Waals surface area contributed by atoms with E-state index >= 15 is 0 Å². The molecule has 36 heavy (non-hydrogen) atoms. The highest BCUT2D eigenvalue weighted by Gasteiger charge is 2.28. The van der Waals surface area contributed by atoms with E-state index in [9.17, 15) is 8.42 Å². The van der Waals surface area contributed by atoms with Crippen LogP contribution < -0.4 is 10.6 Å². The van der Waals surface area contributed by atoms with Gasteiger partial charge in [0.05, 0.1) is 27.7 Å². The lowest BCUT2D eigenvalue weighted by atomic mass is 10.1. The molecule has 0 aliphatic carbocycles. The van der Waals surface area contributed by atoms with Gasteiger partial charge in [0.25, 0.3) is 0 Å². The van der Waals surface area contributed by atoms with E-state index in [4.69, 9.17) is 9.51 Å². The maximum Gasteiger partial charge on any atom is 0.187 e. The van der Waals surface area contributed by atoms with Crippen LogP contribution >= 0.6 is 0 Å². The Bertz CT molecular complexity index is 1440. The number of hydrogen-bond donors (Lipinski definition) is 2. The van der Waals surface area contributed by atoms with Gasteiger partial charge in [0, 0.05) is 30.3 Å². The number of rotatable bonds is 7. The fraction of sp³-hybridized carbons (Fsp3) is 0.296. The molecule has 0 spiro atoms. The molecule has 0 saturated carbocycles. The summed E-state index contributed by atoms with van der Waals surface area (Å²) in [4.78, 5) is 9.62. The Labute approximate surface area is 211 Å². The monoisotopic (exact) mass is 503 g/mol. The summed E-state index contributed by atoms with van der Waals surface area (Å²) in [5, 5.41) is 10.2. The van der Waals surface area contributed by atoms with Gasteiger partial charge in [-0.2, -0.15) is 0 Å². The van der Waals surface area contributed by atoms with E-state index < -0.39 is 9.84 Å². The number of aryl methyl sites for hydroxylation is 1. The average Bonchev–Trinajstić information content (AvgIpc) is 3.40. The minimum atomic E-state index is -3.37. The van der Waals surface area contributed by atoms with Gasteiger partial charge in [-0.3, -0.25) is 4.98 Å². The molecule has 1 aliphatic heterocycles. The molecule has 3 heterocycles. The normalized spacial score (nSPS) is 16.2. The number of nitrogens with zero attached hydrogens (tertiary/aromatic N) is 3. The first-order chi connectivity index (χ1) is 17.5. The first kappa shape index (κ1) is 24.3. The third-order valence-electron chi connectivity index (χ3n) is 6.50. The molecule has 1 atom stereocenters. The van der Waals surface area contributed by atoms with Crippen molar-refractivity contribution in [1.82, 2.24) is 25.8 Å². The van der Waals surface area contributed by atoms with Crippen LogP contribution in [0.4, 0.5) is 0 Å². The quantitative estimate of drug-likeness (QED) is 0.389. The summed E-state index contributed by atoms with van der Waals surface area (Å²) in [6.45, 7) is 4.04. The van der Waals surface area contributed by atoms with Crippen LogP contribution in [0.3, 0.4) is 0 Å². The van der Waals surface area contributed by atoms with Gasteiger partial charge in [-0.1, -0.05) is 41.6 Å². The van der Waals surface area contributed by atoms with Gasteiger partial charge in [-0.15, -0.1) is 0 Å². The molecule has 1 fully saturated rings. The predicted octanol–water partition coefficient (Wildman–Crippen LogP) is 4.02. The molecule has 0 amide bonds. The molecule has 186 valence electrons. The number of piperidine rings is 1. The van der Waals surface area contributed by atoms with Crippen molar-refractivity contribution < 1.29 is 12.9 Å². The van der Waals surface area contributed by atoms with Crippen LogP contribution in [-0.2, 0) is 16.4 Å². The van der Waals surface area contributed by atoms with Gasteiger partial charge >= 0.3 is 0 Å². The summed E-state index contributed by atoms with van der Waals surface area (Å²) in [6.07, 6.45) is 3.24. The molecule has 2 N–H and O–H groups in total. The van der Waals surface area contributed by atoms with Crippen molar-refractivity contribution in [2.75, 3.05) is 20.1 Å². The lowest BCUT2D eigenvalue weighted by Crippen LogP contribution is -2.38. The zero-order valence-electron chi connectivity index (χ0n) is 20.4. The lowest BCUT2D eigenvalue weighted by Gasteiger charge is -2.22. The maximum absolute atomic E-state index is 13.0. The zero-order valence-corrected chi connectivity index (χ0v) is 21.2. The zero-order chi connectivity index (χ0) is 25.1. The molecule has 8 nitrogen and oxygen atoms in total. The van der Waals surface area contributed by atoms with Crippen LogP contribution in [-0.4, -0.2) is 48.9 Å². The Morgan fingerprint density at radius 3 is 2.47 bits per heavy atom. The van der Waals surface area contributed by atoms with Crippen molar-refractivity contribution >= 4 is 9.84 Å². The van der Waals surface area contributed by atoms with E-state index in [1.54, 1.807) is 30.5 Å². The average molecular weight is 504 g/mol. The fourth-order valence-corrected chi connectivity index (χ4v) is 6.15. The number of sulfone groups is 1. The number of aromatic nitrogens is 3. The summed E-state index contributed by atoms with van der Waals surface area (Å²) in [7, 11) is -1.46. The Morgan fingerprint density at radius 2 is 1.78 bits per heavy atom. The van der Waals surface area contributed by atoms with E-state index in [1.165, 1.54) is 5.56 Å². The number of hydrogen-bond acceptors (Lipinski definition) is 8. The lowest BCUT2D eigenvalue weighted by molar-refractivity contribution is 0.433. The Kier molecular flexibility index (Phi) is 6.95. The second kappa shape index (κ2) is 10.3. The Hall–Kier alpha value is -3.40. The third-order valence-corrected chi connectivity index (χ3v) is 8.71. The Morgan fingerprint density at radius 1 is 1.06 bits per heavy atom. The van der Waals surface area contributed by atoms with E-state index in [1.807, 2.05) is 32.2 Å². The standard InChI is InChI=1S/C27H29N5O3S/c1-18-27(26-14-24(32-35-26)20-7-5-19(6-8-20)15-28-2)31-25(17-30-18)21-9-11-22(12-10-21)36(33,34)23-4-3-13-29-16-23/h5-12,14,17,23,28-29H,3-4,13,15-16H2,1-2H3. The van der Waals surface area contributed by atoms with Gasteiger partial charge in [-0.25, -0.2) is 13.4 Å². The molecular weight excluding hydrogens is 474 g/mol. The summed E-state index contributed by atoms with van der Waals surface area (Å²) in [5.74, 6) is 0.528. The summed E-state index contributed by atoms with van der Waals surface area (Å²) >= 11 is 0. The van der Waals surface area contributed by atoms with Gasteiger partial charge < -0.3 is 15.2 Å². The molecule has 0 radical (unpaired) electrons. The molecule has 1 aliphatic rings. The van der Waals surface area contributed by atoms with Crippen LogP contribution in [0.15, 0.2) is 70.2 Å². The van der Waals surface area contributed by atoms with Crippen molar-refractivity contribution in [3.05, 3.63) is 72.1 Å². The van der Waals surface area contributed by atoms with Crippen LogP contribution in [0.25, 0.3) is 34.0 Å². The Balaban J connectivity index is 1.39. The molecule has 9 heteroatoms. The van der Waals surface area contributed by atoms with Crippen LogP contribution in [0, 0.1) is 6.92 Å². The highest BCUT2D eigenvalue weighted by molar-refractivity contribution is 7.92. The van der Waals surface area contributed by atoms with Gasteiger partial charge in [-0.05, 0) is 51.1 Å². The first-order valence-corrected chi connectivity index (χ1v) is 13.6. The number of benzene rings is 2. The molecule has 1 unspecified atom stereocenters. The van der Waals surface area contributed by atoms with Crippen molar-refractivity contribution in [1.29, 1.82) is 0 Å². The summed E-state index contributed by atoms with van der Waals surface area (Å²) in [6, 6.07) is 16.9. The molecule has 2 aromatic carbocycles. The molecule has 1 saturated heterocycles. The SMILES string of the molecule is CNCc1ccc(-c2cc(-c3nc(-c4ccc(S(=O)(=O)C5CCCNC5)cc4)cnc3C)on2)cc1. The van der Waals surface area contributed by atoms with E-state index in [-0.39, 0.29) is 5.25 Å². The van der Waals surface area contributed by atoms with Gasteiger partial charge in [0.1, 0.15) is 11.4 Å². The molecule has 0 bridgehead atoms. The summed E-state index contributed by atoms with van der Waals surface area (Å²) < 4.78 is 31.6. The van der Waals surface area contributed by atoms with E-state index in [2.05, 4.69) is 32.9 Å². The highest BCUT2D eigenvalue weighted by Crippen LogP contribution is 2.29. The second-order valence-corrected chi connectivity index (χ2v) is 11.3. The number of nitrogens with one attached hydrogen (secondary N) is 2. The minimum absolute atomic E-state index is 0.334. The largest absolute Gasteiger partial charge is 0.354 e. The third kappa shape index (κ3) is 4.95. The van der Waals surface area contributed by atoms with Gasteiger partial charge in [0.2, 0.25) is 0 Å². The molecule has 4 aromatic rings. The van der Waals surface area contributed by atoms with Crippen molar-refractivity contribution in [2.45, 2.75) is 36.5 Å². The van der Waals surface area contributed by atoms with Crippen LogP contribution in [0.5, 0.6) is 0 Å². The van der Waals surface area contributed by atoms with Gasteiger partial charge in [0.15, 0.2) is 15.6 Å². The molecule has 5 rings (SSSR count). The van der Waals surface area contributed by atoms with Crippen LogP contribution in [0.1, 0.15) is 24.1 Å². The fourth-order valence-electron chi connectivity index (χ4n) is 4.43. The molecule has 2 aromatic heterocycles. The summed E-state index contributed by atoms with van der Waals surface area (Å²) in [5.41, 5.74) is 5.60. The molecular formula is C27H29N5O3S. The first-order valence-electron chi connectivity index (χ1n) is 12.1. The predicted molar refractivity (Wildman–Crippen MR) is 139 cm³/mol. The topological polar surface area (TPSA) is 110 Å². The highest BCUT2D eigenvalue weighted by atomic mass is 32.2. The second-order valence-electron chi connectivity index (χ2n) is 9.03. The van der Waals surface area contributed by atoms with Crippen molar-refractivity contribution in [3.63, 3.8) is 0 Å². The smallest absolute Gasteiger partial charge is 0.187 e. The van der Waals surface area contributed by atoms with Crippen molar-refractivity contribution in [2.24, 2.45) is 0 Å². The van der Waals surface area contributed by atoms with Crippen molar-refractivity contribution in [3.8, 4) is 34.0 Å². The maximum atomic E-state index is 13.0. The van der Waals surface area contributed by atoms with Crippen LogP contribution in [0.2, 0.25) is 0 Å². The van der Waals surface area contributed by atoms with E-state index in [0.717, 1.165) is 42.0 Å². The minimum Gasteiger partial charge on any atom is -0.354 e.